The van der Waals surface area contributed by atoms with Crippen molar-refractivity contribution in [3.63, 3.8) is 0 Å². The number of benzene rings is 2. The molecule has 140 valence electrons. The normalized spacial score (nSPS) is 23.5. The number of likely N-dealkylation sites (tertiary alicyclic amines) is 1. The summed E-state index contributed by atoms with van der Waals surface area (Å²) in [4.78, 5) is 16.4. The number of fused-ring (bicyclic) bond motifs is 3. The van der Waals surface area contributed by atoms with Gasteiger partial charge in [0.15, 0.2) is 5.11 Å². The van der Waals surface area contributed by atoms with E-state index in [0.717, 1.165) is 29.7 Å². The molecule has 2 aromatic rings. The Bertz CT molecular complexity index is 899. The average Bonchev–Trinajstić information content (AvgIpc) is 2.95. The molecule has 1 unspecified atom stereocenters. The maximum absolute atomic E-state index is 12.7. The topological polar surface area (TPSA) is 36.8 Å². The van der Waals surface area contributed by atoms with Gasteiger partial charge in [0.25, 0.3) is 5.91 Å². The number of likely N-dealkylation sites (N-methyl/N-ethyl adjacent to an activating group) is 1. The minimum absolute atomic E-state index is 0.164. The molecule has 2 N–H and O–H groups in total. The Morgan fingerprint density at radius 2 is 2.00 bits per heavy atom. The van der Waals surface area contributed by atoms with Crippen molar-refractivity contribution in [2.24, 2.45) is 0 Å². The zero-order chi connectivity index (χ0) is 19.1. The van der Waals surface area contributed by atoms with E-state index < -0.39 is 0 Å². The Balaban J connectivity index is 1.61. The summed E-state index contributed by atoms with van der Waals surface area (Å²) in [6.07, 6.45) is 1.07. The first-order valence-corrected chi connectivity index (χ1v) is 10.5. The number of carbonyl (C=O) groups is 1. The Labute approximate surface area is 173 Å². The predicted molar refractivity (Wildman–Crippen MR) is 116 cm³/mol. The molecule has 0 radical (unpaired) electrons. The second-order valence-electron chi connectivity index (χ2n) is 7.57. The van der Waals surface area contributed by atoms with Crippen LogP contribution in [0.4, 0.5) is 5.69 Å². The molecule has 3 atom stereocenters. The molecule has 2 aliphatic heterocycles. The number of nitrogens with zero attached hydrogens (tertiary/aromatic N) is 1. The first-order valence-electron chi connectivity index (χ1n) is 9.26. The highest BCUT2D eigenvalue weighted by atomic mass is 79.9. The van der Waals surface area contributed by atoms with Crippen LogP contribution < -0.4 is 15.1 Å². The van der Waals surface area contributed by atoms with Crippen molar-refractivity contribution in [1.82, 2.24) is 5.32 Å². The lowest BCUT2D eigenvalue weighted by Crippen LogP contribution is -3.11. The van der Waals surface area contributed by atoms with Crippen LogP contribution in [0.25, 0.3) is 0 Å². The van der Waals surface area contributed by atoms with Crippen LogP contribution in [0, 0.1) is 6.92 Å². The van der Waals surface area contributed by atoms with Crippen LogP contribution in [0.2, 0.25) is 0 Å². The second kappa shape index (κ2) is 7.34. The maximum atomic E-state index is 12.7. The van der Waals surface area contributed by atoms with Gasteiger partial charge in [0, 0.05) is 22.1 Å². The van der Waals surface area contributed by atoms with E-state index in [9.17, 15) is 4.79 Å². The van der Waals surface area contributed by atoms with E-state index in [4.69, 9.17) is 12.2 Å². The monoisotopic (exact) mass is 444 g/mol. The van der Waals surface area contributed by atoms with Gasteiger partial charge in [-0.1, -0.05) is 33.6 Å². The zero-order valence-corrected chi connectivity index (χ0v) is 17.9. The van der Waals surface area contributed by atoms with E-state index in [1.807, 2.05) is 12.1 Å². The molecular formula is C21H23BrN3OS+. The molecule has 2 heterocycles. The number of rotatable bonds is 1. The second-order valence-corrected chi connectivity index (χ2v) is 8.87. The highest BCUT2D eigenvalue weighted by molar-refractivity contribution is 9.10. The van der Waals surface area contributed by atoms with Gasteiger partial charge in [-0.05, 0) is 55.0 Å². The van der Waals surface area contributed by atoms with Gasteiger partial charge in [0.2, 0.25) is 0 Å². The molecule has 27 heavy (non-hydrogen) atoms. The van der Waals surface area contributed by atoms with Gasteiger partial charge in [-0.15, -0.1) is 0 Å². The number of anilines is 1. The average molecular weight is 445 g/mol. The van der Waals surface area contributed by atoms with Crippen LogP contribution in [-0.4, -0.2) is 37.2 Å². The molecule has 4 nitrogen and oxygen atoms in total. The number of thiocarbonyl (C=S) groups is 1. The van der Waals surface area contributed by atoms with Crippen molar-refractivity contribution in [1.29, 1.82) is 0 Å². The number of aryl methyl sites for hydroxylation is 1. The lowest BCUT2D eigenvalue weighted by atomic mass is 9.89. The third kappa shape index (κ3) is 3.53. The van der Waals surface area contributed by atoms with Gasteiger partial charge in [-0.25, -0.2) is 0 Å². The fraction of sp³-hybridized carbons (Fsp3) is 0.333. The molecule has 2 aliphatic rings. The van der Waals surface area contributed by atoms with Gasteiger partial charge < -0.3 is 9.80 Å². The SMILES string of the molecule is Cc1ccc2c(c1)[C@@H]1C[NH+](C)CC[C@@H]1N2C(=S)NC(=O)c1ccc(Br)cc1. The minimum Gasteiger partial charge on any atom is -0.337 e. The van der Waals surface area contributed by atoms with Crippen molar-refractivity contribution in [2.45, 2.75) is 25.3 Å². The lowest BCUT2D eigenvalue weighted by Gasteiger charge is -2.35. The highest BCUT2D eigenvalue weighted by Crippen LogP contribution is 2.43. The Kier molecular flexibility index (Phi) is 5.05. The highest BCUT2D eigenvalue weighted by Gasteiger charge is 2.44. The summed E-state index contributed by atoms with van der Waals surface area (Å²) in [5.74, 6) is 0.291. The van der Waals surface area contributed by atoms with Crippen molar-refractivity contribution >= 4 is 44.9 Å². The van der Waals surface area contributed by atoms with Gasteiger partial charge in [-0.3, -0.25) is 10.1 Å². The van der Waals surface area contributed by atoms with E-state index in [-0.39, 0.29) is 5.91 Å². The van der Waals surface area contributed by atoms with Crippen LogP contribution >= 0.6 is 28.1 Å². The lowest BCUT2D eigenvalue weighted by molar-refractivity contribution is -0.886. The molecule has 0 spiro atoms. The van der Waals surface area contributed by atoms with Crippen LogP contribution in [0.1, 0.15) is 33.8 Å². The van der Waals surface area contributed by atoms with Crippen LogP contribution in [0.3, 0.4) is 0 Å². The number of quaternary nitrogens is 1. The molecular weight excluding hydrogens is 422 g/mol. The van der Waals surface area contributed by atoms with E-state index in [0.29, 0.717) is 22.6 Å². The Morgan fingerprint density at radius 1 is 1.26 bits per heavy atom. The predicted octanol–water partition coefficient (Wildman–Crippen LogP) is 2.66. The Hall–Kier alpha value is -1.76. The zero-order valence-electron chi connectivity index (χ0n) is 15.5. The molecule has 0 aliphatic carbocycles. The van der Waals surface area contributed by atoms with E-state index in [2.05, 4.69) is 58.3 Å². The maximum Gasteiger partial charge on any atom is 0.257 e. The molecule has 6 heteroatoms. The number of piperidine rings is 1. The van der Waals surface area contributed by atoms with Gasteiger partial charge in [0.1, 0.15) is 0 Å². The molecule has 0 aromatic heterocycles. The van der Waals surface area contributed by atoms with E-state index in [1.54, 1.807) is 17.0 Å². The van der Waals surface area contributed by atoms with Crippen LogP contribution in [0.15, 0.2) is 46.9 Å². The quantitative estimate of drug-likeness (QED) is 0.663. The first-order chi connectivity index (χ1) is 12.9. The third-order valence-corrected chi connectivity index (χ3v) is 6.45. The largest absolute Gasteiger partial charge is 0.337 e. The third-order valence-electron chi connectivity index (χ3n) is 5.62. The fourth-order valence-electron chi connectivity index (χ4n) is 4.30. The van der Waals surface area contributed by atoms with Crippen molar-refractivity contribution in [3.05, 3.63) is 63.6 Å². The fourth-order valence-corrected chi connectivity index (χ4v) is 4.89. The van der Waals surface area contributed by atoms with E-state index in [1.165, 1.54) is 11.1 Å². The van der Waals surface area contributed by atoms with Crippen molar-refractivity contribution < 1.29 is 9.69 Å². The standard InChI is InChI=1S/C21H22BrN3OS/c1-13-3-8-18-16(11-13)17-12-24(2)10-9-19(17)25(18)21(27)23-20(26)14-4-6-15(22)7-5-14/h3-8,11,17,19H,9-10,12H2,1-2H3,(H,23,26,27)/p+1/t17-,19-/m0/s1. The van der Waals surface area contributed by atoms with Gasteiger partial charge in [-0.2, -0.15) is 0 Å². The number of hydrogen-bond acceptors (Lipinski definition) is 2. The molecule has 1 saturated heterocycles. The summed E-state index contributed by atoms with van der Waals surface area (Å²) >= 11 is 9.10. The molecule has 1 amide bonds. The molecule has 2 aromatic carbocycles. The first kappa shape index (κ1) is 18.6. The summed E-state index contributed by atoms with van der Waals surface area (Å²) in [6, 6.07) is 14.2. The Morgan fingerprint density at radius 3 is 2.74 bits per heavy atom. The smallest absolute Gasteiger partial charge is 0.257 e. The number of nitrogens with one attached hydrogen (secondary N) is 2. The van der Waals surface area contributed by atoms with Crippen molar-refractivity contribution in [2.75, 3.05) is 25.0 Å². The summed E-state index contributed by atoms with van der Waals surface area (Å²) in [7, 11) is 2.25. The summed E-state index contributed by atoms with van der Waals surface area (Å²) in [6.45, 7) is 4.35. The van der Waals surface area contributed by atoms with Gasteiger partial charge in [0.05, 0.1) is 32.1 Å². The van der Waals surface area contributed by atoms with Gasteiger partial charge >= 0.3 is 0 Å². The van der Waals surface area contributed by atoms with Crippen LogP contribution in [-0.2, 0) is 0 Å². The van der Waals surface area contributed by atoms with Crippen LogP contribution in [0.5, 0.6) is 0 Å². The number of hydrogen-bond donors (Lipinski definition) is 2. The molecule has 0 bridgehead atoms. The number of amides is 1. The van der Waals surface area contributed by atoms with Crippen molar-refractivity contribution in [3.8, 4) is 0 Å². The molecule has 1 fully saturated rings. The molecule has 0 saturated carbocycles. The summed E-state index contributed by atoms with van der Waals surface area (Å²) < 4.78 is 0.946. The summed E-state index contributed by atoms with van der Waals surface area (Å²) in [5.41, 5.74) is 4.38. The number of halogens is 1. The number of carbonyl (C=O) groups excluding carboxylic acids is 1. The minimum atomic E-state index is -0.164. The molecule has 4 rings (SSSR count). The van der Waals surface area contributed by atoms with E-state index >= 15 is 0 Å². The summed E-state index contributed by atoms with van der Waals surface area (Å²) in [5, 5.41) is 3.45.